The summed E-state index contributed by atoms with van der Waals surface area (Å²) < 4.78 is 11.5. The Morgan fingerprint density at radius 3 is 2.63 bits per heavy atom. The van der Waals surface area contributed by atoms with Gasteiger partial charge in [0.15, 0.2) is 6.61 Å². The molecular formula is C20H17N3O4. The van der Waals surface area contributed by atoms with Crippen LogP contribution in [0.4, 0.5) is 0 Å². The number of aryl methyl sites for hydroxylation is 1. The first kappa shape index (κ1) is 18.1. The Morgan fingerprint density at radius 1 is 1.19 bits per heavy atom. The van der Waals surface area contributed by atoms with E-state index in [1.165, 1.54) is 0 Å². The van der Waals surface area contributed by atoms with Crippen molar-refractivity contribution in [3.05, 3.63) is 64.6 Å². The van der Waals surface area contributed by atoms with Crippen molar-refractivity contribution in [3.63, 3.8) is 0 Å². The second-order valence-electron chi connectivity index (χ2n) is 5.70. The fourth-order valence-corrected chi connectivity index (χ4v) is 2.74. The summed E-state index contributed by atoms with van der Waals surface area (Å²) in [6, 6.07) is 16.2. The maximum Gasteiger partial charge on any atom is 0.307 e. The molecule has 3 rings (SSSR count). The van der Waals surface area contributed by atoms with E-state index in [2.05, 4.69) is 4.98 Å². The maximum atomic E-state index is 13.0. The largest absolute Gasteiger partial charge is 0.497 e. The van der Waals surface area contributed by atoms with Crippen LogP contribution >= 0.6 is 0 Å². The molecule has 2 aromatic carbocycles. The monoisotopic (exact) mass is 363 g/mol. The summed E-state index contributed by atoms with van der Waals surface area (Å²) in [5.74, 6) is 0.146. The van der Waals surface area contributed by atoms with Gasteiger partial charge in [-0.15, -0.1) is 0 Å². The molecule has 0 fully saturated rings. The molecule has 0 amide bonds. The molecule has 0 atom stereocenters. The number of benzene rings is 2. The van der Waals surface area contributed by atoms with Gasteiger partial charge < -0.3 is 9.47 Å². The molecule has 0 spiro atoms. The van der Waals surface area contributed by atoms with Gasteiger partial charge in [0.25, 0.3) is 5.56 Å². The summed E-state index contributed by atoms with van der Waals surface area (Å²) in [6.07, 6.45) is 0.106. The predicted molar refractivity (Wildman–Crippen MR) is 98.8 cm³/mol. The summed E-state index contributed by atoms with van der Waals surface area (Å²) in [7, 11) is 1.58. The van der Waals surface area contributed by atoms with Crippen molar-refractivity contribution in [1.82, 2.24) is 9.55 Å². The van der Waals surface area contributed by atoms with E-state index in [9.17, 15) is 9.59 Å². The van der Waals surface area contributed by atoms with Crippen LogP contribution < -0.4 is 10.3 Å². The zero-order valence-electron chi connectivity index (χ0n) is 14.7. The Kier molecular flexibility index (Phi) is 5.47. The van der Waals surface area contributed by atoms with Crippen molar-refractivity contribution in [2.45, 2.75) is 12.8 Å². The lowest BCUT2D eigenvalue weighted by atomic mass is 10.2. The first-order valence-corrected chi connectivity index (χ1v) is 8.31. The van der Waals surface area contributed by atoms with Crippen LogP contribution in [-0.2, 0) is 16.0 Å². The number of hydrogen-bond acceptors (Lipinski definition) is 6. The third-order valence-electron chi connectivity index (χ3n) is 4.02. The van der Waals surface area contributed by atoms with E-state index >= 15 is 0 Å². The van der Waals surface area contributed by atoms with Crippen molar-refractivity contribution in [2.24, 2.45) is 0 Å². The van der Waals surface area contributed by atoms with Gasteiger partial charge >= 0.3 is 5.97 Å². The fraction of sp³-hybridized carbons (Fsp3) is 0.200. The van der Waals surface area contributed by atoms with Crippen molar-refractivity contribution < 1.29 is 14.3 Å². The number of para-hydroxylation sites is 2. The summed E-state index contributed by atoms with van der Waals surface area (Å²) in [6.45, 7) is -0.305. The Hall–Kier alpha value is -3.66. The molecule has 7 nitrogen and oxygen atoms in total. The smallest absolute Gasteiger partial charge is 0.307 e. The van der Waals surface area contributed by atoms with Gasteiger partial charge in [-0.1, -0.05) is 12.1 Å². The number of ether oxygens (including phenoxy) is 2. The van der Waals surface area contributed by atoms with Crippen LogP contribution in [0.5, 0.6) is 5.75 Å². The third kappa shape index (κ3) is 3.96. The van der Waals surface area contributed by atoms with E-state index in [-0.39, 0.29) is 30.7 Å². The van der Waals surface area contributed by atoms with Gasteiger partial charge in [-0.25, -0.2) is 4.98 Å². The van der Waals surface area contributed by atoms with Crippen molar-refractivity contribution in [3.8, 4) is 17.5 Å². The van der Waals surface area contributed by atoms with E-state index in [0.29, 0.717) is 22.5 Å². The first-order valence-electron chi connectivity index (χ1n) is 8.31. The normalized spacial score (nSPS) is 10.4. The number of fused-ring (bicyclic) bond motifs is 1. The molecular weight excluding hydrogens is 346 g/mol. The van der Waals surface area contributed by atoms with Gasteiger partial charge in [0.1, 0.15) is 17.5 Å². The van der Waals surface area contributed by atoms with E-state index in [4.69, 9.17) is 14.7 Å². The number of carbonyl (C=O) groups excluding carboxylic acids is 1. The highest BCUT2D eigenvalue weighted by Gasteiger charge is 2.14. The van der Waals surface area contributed by atoms with Crippen LogP contribution in [0.2, 0.25) is 0 Å². The van der Waals surface area contributed by atoms with Gasteiger partial charge in [0.05, 0.1) is 24.6 Å². The number of aromatic nitrogens is 2. The molecule has 1 aromatic heterocycles. The standard InChI is InChI=1S/C20H17N3O4/c1-26-15-8-6-14(7-9-15)23-18-5-3-2-4-16(18)22-17(20(23)25)10-11-19(24)27-13-12-21/h2-9H,10-11,13H2,1H3. The van der Waals surface area contributed by atoms with Crippen molar-refractivity contribution in [1.29, 1.82) is 5.26 Å². The van der Waals surface area contributed by atoms with Gasteiger partial charge in [-0.2, -0.15) is 5.26 Å². The van der Waals surface area contributed by atoms with Crippen LogP contribution in [0, 0.1) is 11.3 Å². The molecule has 0 bridgehead atoms. The highest BCUT2D eigenvalue weighted by molar-refractivity contribution is 5.77. The fourth-order valence-electron chi connectivity index (χ4n) is 2.74. The minimum absolute atomic E-state index is 0.0229. The maximum absolute atomic E-state index is 13.0. The Balaban J connectivity index is 2.03. The molecule has 3 aromatic rings. The van der Waals surface area contributed by atoms with Crippen LogP contribution in [0.15, 0.2) is 53.3 Å². The van der Waals surface area contributed by atoms with Crippen molar-refractivity contribution >= 4 is 17.0 Å². The van der Waals surface area contributed by atoms with Gasteiger partial charge in [0, 0.05) is 12.1 Å². The Morgan fingerprint density at radius 2 is 1.93 bits per heavy atom. The average Bonchev–Trinajstić information content (AvgIpc) is 2.71. The number of methoxy groups -OCH3 is 1. The lowest BCUT2D eigenvalue weighted by Gasteiger charge is -2.12. The summed E-state index contributed by atoms with van der Waals surface area (Å²) in [5, 5.41) is 8.46. The van der Waals surface area contributed by atoms with Gasteiger partial charge in [-0.3, -0.25) is 14.2 Å². The van der Waals surface area contributed by atoms with E-state index in [1.807, 2.05) is 24.3 Å². The van der Waals surface area contributed by atoms with Crippen molar-refractivity contribution in [2.75, 3.05) is 13.7 Å². The van der Waals surface area contributed by atoms with E-state index in [1.54, 1.807) is 42.0 Å². The molecule has 0 radical (unpaired) electrons. The summed E-state index contributed by atoms with van der Waals surface area (Å²) >= 11 is 0. The number of nitrogens with zero attached hydrogens (tertiary/aromatic N) is 3. The number of rotatable bonds is 6. The van der Waals surface area contributed by atoms with E-state index in [0.717, 1.165) is 0 Å². The van der Waals surface area contributed by atoms with Crippen LogP contribution in [0.3, 0.4) is 0 Å². The minimum atomic E-state index is -0.540. The number of hydrogen-bond donors (Lipinski definition) is 0. The van der Waals surface area contributed by atoms with Gasteiger partial charge in [0.2, 0.25) is 0 Å². The van der Waals surface area contributed by atoms with Crippen LogP contribution in [-0.4, -0.2) is 29.2 Å². The highest BCUT2D eigenvalue weighted by atomic mass is 16.5. The van der Waals surface area contributed by atoms with Gasteiger partial charge in [-0.05, 0) is 36.4 Å². The molecule has 7 heteroatoms. The molecule has 27 heavy (non-hydrogen) atoms. The lowest BCUT2D eigenvalue weighted by Crippen LogP contribution is -2.25. The first-order chi connectivity index (χ1) is 13.1. The minimum Gasteiger partial charge on any atom is -0.497 e. The van der Waals surface area contributed by atoms with Crippen LogP contribution in [0.1, 0.15) is 12.1 Å². The molecule has 0 aliphatic heterocycles. The molecule has 0 saturated heterocycles. The molecule has 0 saturated carbocycles. The zero-order chi connectivity index (χ0) is 19.2. The number of esters is 1. The number of nitriles is 1. The average molecular weight is 363 g/mol. The number of carbonyl (C=O) groups is 1. The third-order valence-corrected chi connectivity index (χ3v) is 4.02. The second kappa shape index (κ2) is 8.15. The predicted octanol–water partition coefficient (Wildman–Crippen LogP) is 2.39. The quantitative estimate of drug-likeness (QED) is 0.624. The molecule has 0 N–H and O–H groups in total. The Labute approximate surface area is 155 Å². The summed E-state index contributed by atoms with van der Waals surface area (Å²) in [4.78, 5) is 29.1. The SMILES string of the molecule is COc1ccc(-n2c(=O)c(CCC(=O)OCC#N)nc3ccccc32)cc1. The molecule has 136 valence electrons. The molecule has 1 heterocycles. The molecule has 0 aliphatic rings. The molecule has 0 unspecified atom stereocenters. The topological polar surface area (TPSA) is 94.2 Å². The summed E-state index contributed by atoms with van der Waals surface area (Å²) in [5.41, 5.74) is 1.95. The zero-order valence-corrected chi connectivity index (χ0v) is 14.7. The highest BCUT2D eigenvalue weighted by Crippen LogP contribution is 2.19. The second-order valence-corrected chi connectivity index (χ2v) is 5.70. The molecule has 0 aliphatic carbocycles. The van der Waals surface area contributed by atoms with E-state index < -0.39 is 5.97 Å². The van der Waals surface area contributed by atoms with Crippen LogP contribution in [0.25, 0.3) is 16.7 Å². The lowest BCUT2D eigenvalue weighted by molar-refractivity contribution is -0.142. The Bertz CT molecular complexity index is 1070.